The summed E-state index contributed by atoms with van der Waals surface area (Å²) in [6, 6.07) is 4.32. The van der Waals surface area contributed by atoms with E-state index in [9.17, 15) is 0 Å². The molecule has 3 nitrogen and oxygen atoms in total. The summed E-state index contributed by atoms with van der Waals surface area (Å²) in [4.78, 5) is 4.68. The lowest BCUT2D eigenvalue weighted by Crippen LogP contribution is -2.35. The van der Waals surface area contributed by atoms with Gasteiger partial charge in [-0.25, -0.2) is 4.98 Å². The number of pyridine rings is 1. The molecule has 1 aliphatic rings. The molecule has 0 radical (unpaired) electrons. The Labute approximate surface area is 129 Å². The zero-order valence-electron chi connectivity index (χ0n) is 14.0. The first-order valence-electron chi connectivity index (χ1n) is 8.38. The van der Waals surface area contributed by atoms with Crippen molar-refractivity contribution < 1.29 is 4.74 Å². The van der Waals surface area contributed by atoms with Crippen molar-refractivity contribution in [3.8, 4) is 5.88 Å². The highest BCUT2D eigenvalue weighted by Gasteiger charge is 2.18. The molecule has 1 heterocycles. The molecule has 1 saturated carbocycles. The van der Waals surface area contributed by atoms with Gasteiger partial charge in [-0.05, 0) is 64.5 Å². The first-order valence-corrected chi connectivity index (χ1v) is 8.38. The minimum atomic E-state index is 0.126. The van der Waals surface area contributed by atoms with E-state index in [1.807, 2.05) is 0 Å². The predicted molar refractivity (Wildman–Crippen MR) is 87.7 cm³/mol. The normalized spacial score (nSPS) is 16.4. The summed E-state index contributed by atoms with van der Waals surface area (Å²) in [5.74, 6) is 0.818. The quantitative estimate of drug-likeness (QED) is 0.850. The average Bonchev–Trinajstić information content (AvgIpc) is 2.89. The highest BCUT2D eigenvalue weighted by atomic mass is 16.5. The standard InChI is InChI=1S/C18H30N2O/c1-5-8-15-11-14(13-19-18(2,3)4)12-17(20-15)21-16-9-6-7-10-16/h11-12,16,19H,5-10,13H2,1-4H3. The summed E-state index contributed by atoms with van der Waals surface area (Å²) in [6.07, 6.45) is 7.44. The molecular weight excluding hydrogens is 260 g/mol. The first kappa shape index (κ1) is 16.3. The first-order chi connectivity index (χ1) is 9.96. The van der Waals surface area contributed by atoms with Gasteiger partial charge < -0.3 is 10.1 Å². The molecule has 0 atom stereocenters. The Balaban J connectivity index is 2.08. The third kappa shape index (κ3) is 5.66. The number of aromatic nitrogens is 1. The Morgan fingerprint density at radius 3 is 2.57 bits per heavy atom. The lowest BCUT2D eigenvalue weighted by molar-refractivity contribution is 0.200. The number of rotatable bonds is 6. The molecule has 0 spiro atoms. The zero-order valence-corrected chi connectivity index (χ0v) is 14.0. The zero-order chi connectivity index (χ0) is 15.3. The summed E-state index contributed by atoms with van der Waals surface area (Å²) in [5, 5.41) is 3.55. The molecule has 2 rings (SSSR count). The molecule has 1 fully saturated rings. The van der Waals surface area contributed by atoms with E-state index in [2.05, 4.69) is 50.1 Å². The maximum absolute atomic E-state index is 6.10. The molecular formula is C18H30N2O. The van der Waals surface area contributed by atoms with E-state index in [4.69, 9.17) is 4.74 Å². The van der Waals surface area contributed by atoms with Crippen LogP contribution in [0.25, 0.3) is 0 Å². The fraction of sp³-hybridized carbons (Fsp3) is 0.722. The Hall–Kier alpha value is -1.09. The van der Waals surface area contributed by atoms with Crippen LogP contribution >= 0.6 is 0 Å². The molecule has 3 heteroatoms. The minimum absolute atomic E-state index is 0.126. The van der Waals surface area contributed by atoms with E-state index in [-0.39, 0.29) is 5.54 Å². The summed E-state index contributed by atoms with van der Waals surface area (Å²) >= 11 is 0. The van der Waals surface area contributed by atoms with Crippen molar-refractivity contribution >= 4 is 0 Å². The van der Waals surface area contributed by atoms with Crippen LogP contribution in [0.2, 0.25) is 0 Å². The SMILES string of the molecule is CCCc1cc(CNC(C)(C)C)cc(OC2CCCC2)n1. The van der Waals surface area contributed by atoms with Crippen molar-refractivity contribution in [3.63, 3.8) is 0 Å². The third-order valence-electron chi connectivity index (χ3n) is 3.83. The van der Waals surface area contributed by atoms with Gasteiger partial charge in [0.05, 0.1) is 0 Å². The number of nitrogens with zero attached hydrogens (tertiary/aromatic N) is 1. The van der Waals surface area contributed by atoms with Crippen molar-refractivity contribution in [2.45, 2.75) is 84.4 Å². The van der Waals surface area contributed by atoms with Crippen LogP contribution in [-0.2, 0) is 13.0 Å². The Morgan fingerprint density at radius 1 is 1.24 bits per heavy atom. The van der Waals surface area contributed by atoms with Crippen molar-refractivity contribution in [2.24, 2.45) is 0 Å². The molecule has 1 aliphatic carbocycles. The van der Waals surface area contributed by atoms with Crippen molar-refractivity contribution in [2.75, 3.05) is 0 Å². The summed E-state index contributed by atoms with van der Waals surface area (Å²) in [5.41, 5.74) is 2.55. The van der Waals surface area contributed by atoms with Gasteiger partial charge in [-0.2, -0.15) is 0 Å². The summed E-state index contributed by atoms with van der Waals surface area (Å²) in [6.45, 7) is 9.63. The molecule has 118 valence electrons. The lowest BCUT2D eigenvalue weighted by Gasteiger charge is -2.21. The Bertz CT molecular complexity index is 445. The highest BCUT2D eigenvalue weighted by molar-refractivity contribution is 5.26. The van der Waals surface area contributed by atoms with Gasteiger partial charge in [0.15, 0.2) is 0 Å². The number of aryl methyl sites for hydroxylation is 1. The molecule has 0 saturated heterocycles. The van der Waals surface area contributed by atoms with Gasteiger partial charge in [0.2, 0.25) is 5.88 Å². The molecule has 1 N–H and O–H groups in total. The third-order valence-corrected chi connectivity index (χ3v) is 3.83. The summed E-state index contributed by atoms with van der Waals surface area (Å²) < 4.78 is 6.10. The molecule has 0 amide bonds. The van der Waals surface area contributed by atoms with Crippen LogP contribution in [0, 0.1) is 0 Å². The maximum atomic E-state index is 6.10. The molecule has 1 aromatic rings. The van der Waals surface area contributed by atoms with Crippen LogP contribution < -0.4 is 10.1 Å². The average molecular weight is 290 g/mol. The van der Waals surface area contributed by atoms with Crippen LogP contribution in [-0.4, -0.2) is 16.6 Å². The molecule has 21 heavy (non-hydrogen) atoms. The lowest BCUT2D eigenvalue weighted by atomic mass is 10.1. The van der Waals surface area contributed by atoms with Crippen molar-refractivity contribution in [1.82, 2.24) is 10.3 Å². The molecule has 0 bridgehead atoms. The highest BCUT2D eigenvalue weighted by Crippen LogP contribution is 2.24. The Kier molecular flexibility index (Phi) is 5.63. The Morgan fingerprint density at radius 2 is 1.95 bits per heavy atom. The van der Waals surface area contributed by atoms with Gasteiger partial charge in [0.25, 0.3) is 0 Å². The number of ether oxygens (including phenoxy) is 1. The monoisotopic (exact) mass is 290 g/mol. The van der Waals surface area contributed by atoms with Gasteiger partial charge in [-0.1, -0.05) is 13.3 Å². The van der Waals surface area contributed by atoms with Crippen LogP contribution in [0.5, 0.6) is 5.88 Å². The fourth-order valence-electron chi connectivity index (χ4n) is 2.71. The van der Waals surface area contributed by atoms with E-state index in [1.165, 1.54) is 31.2 Å². The smallest absolute Gasteiger partial charge is 0.214 e. The van der Waals surface area contributed by atoms with Crippen LogP contribution in [0.4, 0.5) is 0 Å². The number of hydrogen-bond acceptors (Lipinski definition) is 3. The van der Waals surface area contributed by atoms with Gasteiger partial charge in [-0.3, -0.25) is 0 Å². The van der Waals surface area contributed by atoms with Crippen molar-refractivity contribution in [3.05, 3.63) is 23.4 Å². The van der Waals surface area contributed by atoms with Gasteiger partial charge >= 0.3 is 0 Å². The second-order valence-electron chi connectivity index (χ2n) is 7.18. The van der Waals surface area contributed by atoms with E-state index in [0.717, 1.165) is 31.0 Å². The van der Waals surface area contributed by atoms with Crippen LogP contribution in [0.3, 0.4) is 0 Å². The molecule has 0 aromatic carbocycles. The van der Waals surface area contributed by atoms with Gasteiger partial charge in [0.1, 0.15) is 6.10 Å². The largest absolute Gasteiger partial charge is 0.474 e. The van der Waals surface area contributed by atoms with Crippen LogP contribution in [0.1, 0.15) is 71.1 Å². The topological polar surface area (TPSA) is 34.1 Å². The van der Waals surface area contributed by atoms with Crippen LogP contribution in [0.15, 0.2) is 12.1 Å². The van der Waals surface area contributed by atoms with E-state index >= 15 is 0 Å². The second kappa shape index (κ2) is 7.26. The number of hydrogen-bond donors (Lipinski definition) is 1. The van der Waals surface area contributed by atoms with E-state index in [0.29, 0.717) is 6.10 Å². The molecule has 0 aliphatic heterocycles. The predicted octanol–water partition coefficient (Wildman–Crippen LogP) is 4.24. The second-order valence-corrected chi connectivity index (χ2v) is 7.18. The van der Waals surface area contributed by atoms with Gasteiger partial charge in [0, 0.05) is 23.8 Å². The number of nitrogens with one attached hydrogen (secondary N) is 1. The summed E-state index contributed by atoms with van der Waals surface area (Å²) in [7, 11) is 0. The van der Waals surface area contributed by atoms with E-state index in [1.54, 1.807) is 0 Å². The van der Waals surface area contributed by atoms with Crippen molar-refractivity contribution in [1.29, 1.82) is 0 Å². The molecule has 0 unspecified atom stereocenters. The fourth-order valence-corrected chi connectivity index (χ4v) is 2.71. The van der Waals surface area contributed by atoms with E-state index < -0.39 is 0 Å². The van der Waals surface area contributed by atoms with Gasteiger partial charge in [-0.15, -0.1) is 0 Å². The minimum Gasteiger partial charge on any atom is -0.474 e. The molecule has 1 aromatic heterocycles. The maximum Gasteiger partial charge on any atom is 0.214 e.